The van der Waals surface area contributed by atoms with Crippen LogP contribution >= 0.6 is 0 Å². The molecule has 34 heavy (non-hydrogen) atoms. The van der Waals surface area contributed by atoms with Crippen molar-refractivity contribution >= 4 is 43.1 Å². The lowest BCUT2D eigenvalue weighted by molar-refractivity contribution is 1.64. The van der Waals surface area contributed by atoms with E-state index in [4.69, 9.17) is 0 Å². The van der Waals surface area contributed by atoms with Crippen molar-refractivity contribution < 1.29 is 0 Å². The second-order valence-electron chi connectivity index (χ2n) is 8.99. The first-order chi connectivity index (χ1) is 16.8. The molecule has 0 saturated heterocycles. The Labute approximate surface area is 198 Å². The van der Waals surface area contributed by atoms with Gasteiger partial charge in [0.15, 0.2) is 0 Å². The van der Waals surface area contributed by atoms with Crippen LogP contribution in [0.5, 0.6) is 0 Å². The van der Waals surface area contributed by atoms with Crippen molar-refractivity contribution in [3.8, 4) is 22.3 Å². The molecular formula is C34H22. The van der Waals surface area contributed by atoms with E-state index in [0.29, 0.717) is 0 Å². The molecule has 0 aliphatic heterocycles. The zero-order chi connectivity index (χ0) is 22.5. The van der Waals surface area contributed by atoms with Gasteiger partial charge in [0, 0.05) is 0 Å². The van der Waals surface area contributed by atoms with E-state index in [1.54, 1.807) is 0 Å². The van der Waals surface area contributed by atoms with Crippen molar-refractivity contribution in [2.24, 2.45) is 0 Å². The molecule has 0 atom stereocenters. The molecule has 0 heterocycles. The normalized spacial score (nSPS) is 11.5. The first-order valence-corrected chi connectivity index (χ1v) is 11.8. The van der Waals surface area contributed by atoms with Crippen molar-refractivity contribution in [1.82, 2.24) is 0 Å². The summed E-state index contributed by atoms with van der Waals surface area (Å²) in [7, 11) is 0. The van der Waals surface area contributed by atoms with E-state index in [-0.39, 0.29) is 0 Å². The Balaban J connectivity index is 1.44. The Kier molecular flexibility index (Phi) is 4.25. The summed E-state index contributed by atoms with van der Waals surface area (Å²) in [6, 6.07) is 48.6. The van der Waals surface area contributed by atoms with Gasteiger partial charge >= 0.3 is 0 Å². The van der Waals surface area contributed by atoms with Gasteiger partial charge in [0.25, 0.3) is 0 Å². The highest BCUT2D eigenvalue weighted by molar-refractivity contribution is 6.25. The summed E-state index contributed by atoms with van der Waals surface area (Å²) >= 11 is 0. The van der Waals surface area contributed by atoms with Crippen LogP contribution < -0.4 is 0 Å². The molecule has 0 aliphatic rings. The van der Waals surface area contributed by atoms with Crippen molar-refractivity contribution in [3.63, 3.8) is 0 Å². The molecule has 158 valence electrons. The summed E-state index contributed by atoms with van der Waals surface area (Å²) in [5.41, 5.74) is 5.00. The maximum absolute atomic E-state index is 2.37. The Morgan fingerprint density at radius 2 is 0.676 bits per heavy atom. The highest BCUT2D eigenvalue weighted by atomic mass is 14.1. The van der Waals surface area contributed by atoms with Crippen LogP contribution in [-0.2, 0) is 0 Å². The summed E-state index contributed by atoms with van der Waals surface area (Å²) in [4.78, 5) is 0. The Morgan fingerprint density at radius 3 is 1.29 bits per heavy atom. The second-order valence-corrected chi connectivity index (χ2v) is 8.99. The van der Waals surface area contributed by atoms with Gasteiger partial charge in [-0.1, -0.05) is 115 Å². The standard InChI is InChI=1S/C34H22/c1-2-8-23(9-3-1)25-16-14-24-15-17-26(21-28(24)20-25)27-18-19-33-31-12-5-4-10-29(31)30-11-6-7-13-32(30)34(33)22-27/h1-22H. The van der Waals surface area contributed by atoms with Crippen molar-refractivity contribution in [1.29, 1.82) is 0 Å². The summed E-state index contributed by atoms with van der Waals surface area (Å²) in [6.45, 7) is 0. The van der Waals surface area contributed by atoms with Crippen molar-refractivity contribution in [2.45, 2.75) is 0 Å². The van der Waals surface area contributed by atoms with E-state index < -0.39 is 0 Å². The van der Waals surface area contributed by atoms with Gasteiger partial charge in [-0.25, -0.2) is 0 Å². The van der Waals surface area contributed by atoms with Gasteiger partial charge in [-0.2, -0.15) is 0 Å². The molecule has 0 bridgehead atoms. The van der Waals surface area contributed by atoms with Crippen LogP contribution in [0.25, 0.3) is 65.3 Å². The van der Waals surface area contributed by atoms with E-state index in [1.165, 1.54) is 65.3 Å². The monoisotopic (exact) mass is 430 g/mol. The van der Waals surface area contributed by atoms with Gasteiger partial charge in [0.1, 0.15) is 0 Å². The molecule has 0 spiro atoms. The predicted molar refractivity (Wildman–Crippen MR) is 147 cm³/mol. The average molecular weight is 431 g/mol. The van der Waals surface area contributed by atoms with Crippen LogP contribution in [0.3, 0.4) is 0 Å². The average Bonchev–Trinajstić information content (AvgIpc) is 2.93. The molecule has 0 heteroatoms. The fourth-order valence-electron chi connectivity index (χ4n) is 5.32. The number of rotatable bonds is 2. The molecule has 7 aromatic carbocycles. The molecule has 0 aromatic heterocycles. The van der Waals surface area contributed by atoms with Crippen LogP contribution in [0.2, 0.25) is 0 Å². The number of benzene rings is 7. The van der Waals surface area contributed by atoms with Gasteiger partial charge in [-0.3, -0.25) is 0 Å². The zero-order valence-corrected chi connectivity index (χ0v) is 18.7. The third-order valence-electron chi connectivity index (χ3n) is 7.02. The largest absolute Gasteiger partial charge is 0.0622 e. The molecule has 0 nitrogen and oxygen atoms in total. The van der Waals surface area contributed by atoms with Gasteiger partial charge < -0.3 is 0 Å². The summed E-state index contributed by atoms with van der Waals surface area (Å²) < 4.78 is 0. The minimum Gasteiger partial charge on any atom is -0.0622 e. The fourth-order valence-corrected chi connectivity index (χ4v) is 5.32. The molecule has 0 amide bonds. The molecule has 0 unspecified atom stereocenters. The quantitative estimate of drug-likeness (QED) is 0.239. The second kappa shape index (κ2) is 7.57. The Bertz CT molecular complexity index is 1810. The van der Waals surface area contributed by atoms with E-state index in [9.17, 15) is 0 Å². The molecule has 7 rings (SSSR count). The van der Waals surface area contributed by atoms with E-state index in [2.05, 4.69) is 133 Å². The highest BCUT2D eigenvalue weighted by Crippen LogP contribution is 2.37. The number of hydrogen-bond donors (Lipinski definition) is 0. The number of fused-ring (bicyclic) bond motifs is 7. The summed E-state index contributed by atoms with van der Waals surface area (Å²) in [6.07, 6.45) is 0. The zero-order valence-electron chi connectivity index (χ0n) is 18.7. The van der Waals surface area contributed by atoms with Crippen molar-refractivity contribution in [2.75, 3.05) is 0 Å². The van der Waals surface area contributed by atoms with E-state index in [1.807, 2.05) is 0 Å². The number of hydrogen-bond acceptors (Lipinski definition) is 0. The van der Waals surface area contributed by atoms with Gasteiger partial charge in [0.05, 0.1) is 0 Å². The first-order valence-electron chi connectivity index (χ1n) is 11.8. The van der Waals surface area contributed by atoms with Crippen LogP contribution in [0.1, 0.15) is 0 Å². The predicted octanol–water partition coefficient (Wildman–Crippen LogP) is 9.63. The molecule has 0 N–H and O–H groups in total. The SMILES string of the molecule is c1ccc(-c2ccc3ccc(-c4ccc5c6ccccc6c6ccccc6c5c4)cc3c2)cc1. The van der Waals surface area contributed by atoms with Crippen LogP contribution in [0.4, 0.5) is 0 Å². The lowest BCUT2D eigenvalue weighted by Crippen LogP contribution is -1.85. The summed E-state index contributed by atoms with van der Waals surface area (Å²) in [5.74, 6) is 0. The lowest BCUT2D eigenvalue weighted by Gasteiger charge is -2.12. The lowest BCUT2D eigenvalue weighted by atomic mass is 9.91. The van der Waals surface area contributed by atoms with Gasteiger partial charge in [0.2, 0.25) is 0 Å². The molecular weight excluding hydrogens is 408 g/mol. The van der Waals surface area contributed by atoms with Crippen LogP contribution in [0.15, 0.2) is 133 Å². The smallest absolute Gasteiger partial charge is 0.00928 e. The van der Waals surface area contributed by atoms with E-state index >= 15 is 0 Å². The molecule has 0 radical (unpaired) electrons. The van der Waals surface area contributed by atoms with Gasteiger partial charge in [-0.05, 0) is 83.5 Å². The first kappa shape index (κ1) is 19.1. The summed E-state index contributed by atoms with van der Waals surface area (Å²) in [5, 5.41) is 10.4. The maximum atomic E-state index is 2.37. The Hall–Kier alpha value is -4.42. The van der Waals surface area contributed by atoms with Gasteiger partial charge in [-0.15, -0.1) is 0 Å². The minimum atomic E-state index is 1.25. The third-order valence-corrected chi connectivity index (χ3v) is 7.02. The molecule has 0 saturated carbocycles. The highest BCUT2D eigenvalue weighted by Gasteiger charge is 2.10. The molecule has 0 fully saturated rings. The third kappa shape index (κ3) is 3.00. The fraction of sp³-hybridized carbons (Fsp3) is 0. The molecule has 7 aromatic rings. The van der Waals surface area contributed by atoms with Crippen molar-refractivity contribution in [3.05, 3.63) is 133 Å². The Morgan fingerprint density at radius 1 is 0.235 bits per heavy atom. The minimum absolute atomic E-state index is 1.25. The topological polar surface area (TPSA) is 0 Å². The molecule has 0 aliphatic carbocycles. The van der Waals surface area contributed by atoms with E-state index in [0.717, 1.165) is 0 Å². The van der Waals surface area contributed by atoms with Crippen LogP contribution in [-0.4, -0.2) is 0 Å². The van der Waals surface area contributed by atoms with Crippen LogP contribution in [0, 0.1) is 0 Å². The maximum Gasteiger partial charge on any atom is -0.00928 e.